The third kappa shape index (κ3) is 3.69. The fourth-order valence-electron chi connectivity index (χ4n) is 2.39. The Morgan fingerprint density at radius 1 is 1.10 bits per heavy atom. The highest BCUT2D eigenvalue weighted by Crippen LogP contribution is 2.28. The molecule has 1 amide bonds. The van der Waals surface area contributed by atoms with Crippen LogP contribution in [0.25, 0.3) is 0 Å². The van der Waals surface area contributed by atoms with Crippen LogP contribution in [-0.2, 0) is 5.41 Å². The molecular formula is C18H22N2O. The third-order valence-corrected chi connectivity index (χ3v) is 3.44. The lowest BCUT2D eigenvalue weighted by molar-refractivity contribution is 0.102. The Morgan fingerprint density at radius 3 is 2.43 bits per heavy atom. The molecule has 110 valence electrons. The first-order valence-corrected chi connectivity index (χ1v) is 7.11. The molecule has 2 aromatic rings. The number of nitrogens with one attached hydrogen (secondary N) is 1. The molecule has 1 heterocycles. The molecular weight excluding hydrogens is 260 g/mol. The van der Waals surface area contributed by atoms with E-state index in [-0.39, 0.29) is 11.3 Å². The van der Waals surface area contributed by atoms with Gasteiger partial charge in [0.1, 0.15) is 0 Å². The fraction of sp³-hybridized carbons (Fsp3) is 0.333. The SMILES string of the molecule is Cc1cncc(C(=O)Nc2ccc(C)c(C(C)(C)C)c2)c1. The molecule has 0 atom stereocenters. The maximum atomic E-state index is 12.3. The van der Waals surface area contributed by atoms with Crippen LogP contribution in [0.15, 0.2) is 36.7 Å². The van der Waals surface area contributed by atoms with Gasteiger partial charge in [0.15, 0.2) is 0 Å². The fourth-order valence-corrected chi connectivity index (χ4v) is 2.39. The molecule has 0 aliphatic rings. The first-order valence-electron chi connectivity index (χ1n) is 7.11. The summed E-state index contributed by atoms with van der Waals surface area (Å²) in [7, 11) is 0. The molecule has 1 N–H and O–H groups in total. The van der Waals surface area contributed by atoms with Gasteiger partial charge in [-0.2, -0.15) is 0 Å². The average molecular weight is 282 g/mol. The summed E-state index contributed by atoms with van der Waals surface area (Å²) in [6.45, 7) is 10.5. The van der Waals surface area contributed by atoms with Crippen molar-refractivity contribution in [3.05, 3.63) is 58.9 Å². The van der Waals surface area contributed by atoms with E-state index >= 15 is 0 Å². The van der Waals surface area contributed by atoms with Gasteiger partial charge in [-0.05, 0) is 54.2 Å². The molecule has 0 aliphatic carbocycles. The van der Waals surface area contributed by atoms with E-state index in [1.807, 2.05) is 25.1 Å². The number of nitrogens with zero attached hydrogens (tertiary/aromatic N) is 1. The number of aromatic nitrogens is 1. The monoisotopic (exact) mass is 282 g/mol. The predicted molar refractivity (Wildman–Crippen MR) is 86.8 cm³/mol. The van der Waals surface area contributed by atoms with Gasteiger partial charge in [-0.1, -0.05) is 26.8 Å². The van der Waals surface area contributed by atoms with Gasteiger partial charge < -0.3 is 5.32 Å². The minimum absolute atomic E-state index is 0.0513. The van der Waals surface area contributed by atoms with Crippen molar-refractivity contribution in [2.24, 2.45) is 0 Å². The number of benzene rings is 1. The van der Waals surface area contributed by atoms with E-state index < -0.39 is 0 Å². The summed E-state index contributed by atoms with van der Waals surface area (Å²) in [6, 6.07) is 7.87. The molecule has 0 saturated heterocycles. The molecule has 3 nitrogen and oxygen atoms in total. The van der Waals surface area contributed by atoms with Crippen molar-refractivity contribution in [1.29, 1.82) is 0 Å². The summed E-state index contributed by atoms with van der Waals surface area (Å²) >= 11 is 0. The molecule has 1 aromatic heterocycles. The third-order valence-electron chi connectivity index (χ3n) is 3.44. The van der Waals surface area contributed by atoms with Crippen LogP contribution in [0, 0.1) is 13.8 Å². The second-order valence-electron chi connectivity index (χ2n) is 6.48. The Labute approximate surface area is 126 Å². The highest BCUT2D eigenvalue weighted by atomic mass is 16.1. The number of amides is 1. The van der Waals surface area contributed by atoms with Crippen LogP contribution in [-0.4, -0.2) is 10.9 Å². The Bertz CT molecular complexity index is 669. The molecule has 3 heteroatoms. The van der Waals surface area contributed by atoms with Crippen LogP contribution in [0.4, 0.5) is 5.69 Å². The van der Waals surface area contributed by atoms with E-state index in [4.69, 9.17) is 0 Å². The van der Waals surface area contributed by atoms with Crippen molar-refractivity contribution in [1.82, 2.24) is 4.98 Å². The van der Waals surface area contributed by atoms with Crippen LogP contribution in [0.2, 0.25) is 0 Å². The number of pyridine rings is 1. The van der Waals surface area contributed by atoms with Crippen molar-refractivity contribution in [3.8, 4) is 0 Å². The van der Waals surface area contributed by atoms with E-state index in [0.29, 0.717) is 5.56 Å². The van der Waals surface area contributed by atoms with Gasteiger partial charge in [0.25, 0.3) is 5.91 Å². The van der Waals surface area contributed by atoms with E-state index in [1.54, 1.807) is 12.4 Å². The topological polar surface area (TPSA) is 42.0 Å². The van der Waals surface area contributed by atoms with Crippen LogP contribution < -0.4 is 5.32 Å². The number of carbonyl (C=O) groups is 1. The number of rotatable bonds is 2. The molecule has 0 bridgehead atoms. The Kier molecular flexibility index (Phi) is 4.12. The lowest BCUT2D eigenvalue weighted by atomic mass is 9.84. The number of anilines is 1. The Morgan fingerprint density at radius 2 is 1.81 bits per heavy atom. The normalized spacial score (nSPS) is 11.3. The second kappa shape index (κ2) is 5.68. The van der Waals surface area contributed by atoms with E-state index in [0.717, 1.165) is 11.3 Å². The Balaban J connectivity index is 2.26. The lowest BCUT2D eigenvalue weighted by Gasteiger charge is -2.22. The minimum Gasteiger partial charge on any atom is -0.322 e. The first kappa shape index (κ1) is 15.2. The van der Waals surface area contributed by atoms with Gasteiger partial charge >= 0.3 is 0 Å². The highest BCUT2D eigenvalue weighted by molar-refractivity contribution is 6.04. The molecule has 0 unspecified atom stereocenters. The molecule has 2 rings (SSSR count). The standard InChI is InChI=1S/C18H22N2O/c1-12-8-14(11-19-10-12)17(21)20-15-7-6-13(2)16(9-15)18(3,4)5/h6-11H,1-5H3,(H,20,21). The lowest BCUT2D eigenvalue weighted by Crippen LogP contribution is -2.16. The van der Waals surface area contributed by atoms with Crippen molar-refractivity contribution in [2.45, 2.75) is 40.0 Å². The van der Waals surface area contributed by atoms with Gasteiger partial charge in [0.2, 0.25) is 0 Å². The van der Waals surface area contributed by atoms with Crippen molar-refractivity contribution >= 4 is 11.6 Å². The molecule has 21 heavy (non-hydrogen) atoms. The zero-order chi connectivity index (χ0) is 15.6. The van der Waals surface area contributed by atoms with Crippen LogP contribution in [0.5, 0.6) is 0 Å². The van der Waals surface area contributed by atoms with Crippen molar-refractivity contribution in [2.75, 3.05) is 5.32 Å². The van der Waals surface area contributed by atoms with Gasteiger partial charge in [-0.15, -0.1) is 0 Å². The van der Waals surface area contributed by atoms with Gasteiger partial charge in [0, 0.05) is 18.1 Å². The van der Waals surface area contributed by atoms with Gasteiger partial charge in [-0.25, -0.2) is 0 Å². The van der Waals surface area contributed by atoms with Gasteiger partial charge in [0.05, 0.1) is 5.56 Å². The maximum Gasteiger partial charge on any atom is 0.257 e. The molecule has 0 fully saturated rings. The predicted octanol–water partition coefficient (Wildman–Crippen LogP) is 4.25. The number of hydrogen-bond donors (Lipinski definition) is 1. The molecule has 0 saturated carbocycles. The number of carbonyl (C=O) groups excluding carboxylic acids is 1. The minimum atomic E-state index is -0.130. The van der Waals surface area contributed by atoms with Crippen LogP contribution >= 0.6 is 0 Å². The highest BCUT2D eigenvalue weighted by Gasteiger charge is 2.17. The van der Waals surface area contributed by atoms with Crippen molar-refractivity contribution < 1.29 is 4.79 Å². The molecule has 0 aliphatic heterocycles. The van der Waals surface area contributed by atoms with Crippen LogP contribution in [0.3, 0.4) is 0 Å². The summed E-state index contributed by atoms with van der Waals surface area (Å²) in [5, 5.41) is 2.95. The van der Waals surface area contributed by atoms with E-state index in [1.165, 1.54) is 11.1 Å². The first-order chi connectivity index (χ1) is 9.77. The molecule has 1 aromatic carbocycles. The molecule has 0 radical (unpaired) electrons. The number of hydrogen-bond acceptors (Lipinski definition) is 2. The summed E-state index contributed by atoms with van der Waals surface area (Å²) in [4.78, 5) is 16.3. The number of aryl methyl sites for hydroxylation is 2. The zero-order valence-electron chi connectivity index (χ0n) is 13.3. The van der Waals surface area contributed by atoms with Gasteiger partial charge in [-0.3, -0.25) is 9.78 Å². The van der Waals surface area contributed by atoms with Crippen LogP contribution in [0.1, 0.15) is 47.8 Å². The maximum absolute atomic E-state index is 12.3. The summed E-state index contributed by atoms with van der Waals surface area (Å²) in [5.74, 6) is -0.130. The smallest absolute Gasteiger partial charge is 0.257 e. The largest absolute Gasteiger partial charge is 0.322 e. The summed E-state index contributed by atoms with van der Waals surface area (Å²) in [5.41, 5.74) is 4.89. The average Bonchev–Trinajstić information content (AvgIpc) is 2.39. The quantitative estimate of drug-likeness (QED) is 0.894. The van der Waals surface area contributed by atoms with E-state index in [9.17, 15) is 4.79 Å². The van der Waals surface area contributed by atoms with E-state index in [2.05, 4.69) is 44.1 Å². The molecule has 0 spiro atoms. The zero-order valence-corrected chi connectivity index (χ0v) is 13.3. The summed E-state index contributed by atoms with van der Waals surface area (Å²) in [6.07, 6.45) is 3.32. The Hall–Kier alpha value is -2.16. The summed E-state index contributed by atoms with van der Waals surface area (Å²) < 4.78 is 0. The van der Waals surface area contributed by atoms with Crippen molar-refractivity contribution in [3.63, 3.8) is 0 Å². The second-order valence-corrected chi connectivity index (χ2v) is 6.48.